The highest BCUT2D eigenvalue weighted by atomic mass is 15.2. The maximum atomic E-state index is 4.31. The fourth-order valence-corrected chi connectivity index (χ4v) is 16.4. The van der Waals surface area contributed by atoms with Crippen molar-refractivity contribution in [2.24, 2.45) is 0 Å². The van der Waals surface area contributed by atoms with Crippen LogP contribution in [-0.4, -0.2) is 7.28 Å². The zero-order valence-electron chi connectivity index (χ0n) is 48.2. The molecule has 0 saturated heterocycles. The van der Waals surface area contributed by atoms with Crippen molar-refractivity contribution in [1.29, 1.82) is 0 Å². The summed E-state index contributed by atoms with van der Waals surface area (Å²) in [5.74, 6) is 0. The Labute approximate surface area is 450 Å². The van der Waals surface area contributed by atoms with Gasteiger partial charge in [0.2, 0.25) is 0 Å². The Morgan fingerprint density at radius 2 is 0.853 bits per heavy atom. The molecule has 75 heavy (non-hydrogen) atoms. The van der Waals surface area contributed by atoms with Crippen LogP contribution in [0.4, 0.5) is 28.4 Å². The highest BCUT2D eigenvalue weighted by Crippen LogP contribution is 2.64. The second kappa shape index (κ2) is 14.6. The van der Waals surface area contributed by atoms with E-state index in [0.717, 1.165) is 13.7 Å². The number of nitrogens with zero attached hydrogens (tertiary/aromatic N) is 1. The van der Waals surface area contributed by atoms with E-state index in [-0.39, 0.29) is 43.3 Å². The van der Waals surface area contributed by atoms with Gasteiger partial charge in [-0.25, -0.2) is 0 Å². The van der Waals surface area contributed by atoms with Gasteiger partial charge < -0.3 is 10.2 Å². The maximum absolute atomic E-state index is 4.31. The maximum Gasteiger partial charge on any atom is 0.198 e. The van der Waals surface area contributed by atoms with Crippen LogP contribution in [0.15, 0.2) is 103 Å². The second-order valence-corrected chi connectivity index (χ2v) is 29.8. The molecule has 0 fully saturated rings. The smallest absolute Gasteiger partial charge is 0.198 e. The van der Waals surface area contributed by atoms with Crippen molar-refractivity contribution in [2.75, 3.05) is 10.2 Å². The highest BCUT2D eigenvalue weighted by Gasteiger charge is 2.49. The van der Waals surface area contributed by atoms with Gasteiger partial charge in [-0.1, -0.05) is 177 Å². The summed E-state index contributed by atoms with van der Waals surface area (Å²) in [4.78, 5) is 2.83. The lowest BCUT2D eigenvalue weighted by molar-refractivity contribution is 0.332. The predicted molar refractivity (Wildman–Crippen MR) is 323 cm³/mol. The number of hydrogen-bond acceptors (Lipinski definition) is 2. The van der Waals surface area contributed by atoms with Crippen molar-refractivity contribution in [2.45, 2.75) is 193 Å². The van der Waals surface area contributed by atoms with Crippen LogP contribution in [-0.2, 0) is 43.3 Å². The predicted octanol–water partition coefficient (Wildman–Crippen LogP) is 17.9. The van der Waals surface area contributed by atoms with Crippen molar-refractivity contribution in [3.8, 4) is 44.5 Å². The Hall–Kier alpha value is -5.80. The van der Waals surface area contributed by atoms with Crippen LogP contribution in [0.5, 0.6) is 0 Å². The van der Waals surface area contributed by atoms with Crippen LogP contribution in [0.2, 0.25) is 0 Å². The van der Waals surface area contributed by atoms with E-state index in [9.17, 15) is 0 Å². The van der Waals surface area contributed by atoms with Gasteiger partial charge in [0.05, 0.1) is 5.69 Å². The lowest BCUT2D eigenvalue weighted by Crippen LogP contribution is -2.42. The van der Waals surface area contributed by atoms with Gasteiger partial charge in [-0.3, -0.25) is 0 Å². The van der Waals surface area contributed by atoms with Gasteiger partial charge in [0.25, 0.3) is 0 Å². The molecule has 0 spiro atoms. The number of fused-ring (bicyclic) bond motifs is 11. The Kier molecular flexibility index (Phi) is 9.28. The van der Waals surface area contributed by atoms with Gasteiger partial charge in [-0.15, -0.1) is 0 Å². The molecule has 7 aliphatic rings. The number of anilines is 5. The first-order chi connectivity index (χ1) is 35.1. The minimum atomic E-state index is -0.233. The average Bonchev–Trinajstić information content (AvgIpc) is 3.67. The molecule has 0 atom stereocenters. The van der Waals surface area contributed by atoms with E-state index in [4.69, 9.17) is 0 Å². The summed E-state index contributed by atoms with van der Waals surface area (Å²) in [6, 6.07) is 42.5. The van der Waals surface area contributed by atoms with Crippen LogP contribution in [0.3, 0.4) is 0 Å². The third-order valence-corrected chi connectivity index (χ3v) is 21.6. The van der Waals surface area contributed by atoms with Gasteiger partial charge in [0.1, 0.15) is 0 Å². The molecule has 2 aliphatic heterocycles. The van der Waals surface area contributed by atoms with Crippen molar-refractivity contribution in [1.82, 2.24) is 0 Å². The first kappa shape index (κ1) is 47.6. The zero-order chi connectivity index (χ0) is 52.7. The molecule has 380 valence electrons. The Balaban J connectivity index is 1.12. The molecule has 0 saturated carbocycles. The Bertz CT molecular complexity index is 3730. The van der Waals surface area contributed by atoms with E-state index in [2.05, 4.69) is 224 Å². The third kappa shape index (κ3) is 6.28. The first-order valence-corrected chi connectivity index (χ1v) is 28.9. The molecular formula is C72H79BN2. The number of nitrogens with one attached hydrogen (secondary N) is 1. The molecular weight excluding hydrogens is 904 g/mol. The molecule has 5 aliphatic carbocycles. The number of rotatable bonds is 3. The van der Waals surface area contributed by atoms with Crippen LogP contribution >= 0.6 is 0 Å². The first-order valence-electron chi connectivity index (χ1n) is 28.9. The van der Waals surface area contributed by atoms with Gasteiger partial charge in [0, 0.05) is 50.3 Å². The summed E-state index contributed by atoms with van der Waals surface area (Å²) in [5.41, 5.74) is 35.3. The topological polar surface area (TPSA) is 15.3 Å². The quantitative estimate of drug-likeness (QED) is 0.178. The largest absolute Gasteiger partial charge is 0.355 e. The molecule has 0 bridgehead atoms. The second-order valence-electron chi connectivity index (χ2n) is 29.8. The van der Waals surface area contributed by atoms with E-state index >= 15 is 0 Å². The summed E-state index contributed by atoms with van der Waals surface area (Å²) in [6.07, 6.45) is 7.08. The summed E-state index contributed by atoms with van der Waals surface area (Å²) >= 11 is 0. The minimum absolute atomic E-state index is 0.0155. The molecule has 14 rings (SSSR count). The summed E-state index contributed by atoms with van der Waals surface area (Å²) in [5, 5.41) is 4.31. The van der Waals surface area contributed by atoms with E-state index in [1.807, 2.05) is 0 Å². The zero-order valence-corrected chi connectivity index (χ0v) is 48.2. The van der Waals surface area contributed by atoms with Crippen LogP contribution < -0.4 is 21.1 Å². The van der Waals surface area contributed by atoms with Crippen molar-refractivity contribution in [3.63, 3.8) is 0 Å². The number of hydrogen-bond donors (Lipinski definition) is 1. The minimum Gasteiger partial charge on any atom is -0.355 e. The van der Waals surface area contributed by atoms with E-state index in [0.29, 0.717) is 0 Å². The molecule has 7 aromatic rings. The lowest BCUT2D eigenvalue weighted by Gasteiger charge is -2.44. The molecule has 1 N–H and O–H groups in total. The van der Waals surface area contributed by atoms with Crippen LogP contribution in [0.25, 0.3) is 44.5 Å². The lowest BCUT2D eigenvalue weighted by atomic mass is 9.56. The molecule has 2 nitrogen and oxygen atoms in total. The summed E-state index contributed by atoms with van der Waals surface area (Å²) in [6.45, 7) is 39.8. The Morgan fingerprint density at radius 1 is 0.360 bits per heavy atom. The fourth-order valence-electron chi connectivity index (χ4n) is 16.4. The molecule has 2 heterocycles. The summed E-state index contributed by atoms with van der Waals surface area (Å²) < 4.78 is 0. The van der Waals surface area contributed by atoms with E-state index in [1.54, 1.807) is 0 Å². The van der Waals surface area contributed by atoms with Crippen molar-refractivity contribution >= 4 is 46.6 Å². The molecule has 0 aromatic heterocycles. The van der Waals surface area contributed by atoms with Crippen LogP contribution in [0, 0.1) is 0 Å². The van der Waals surface area contributed by atoms with E-state index in [1.165, 1.54) is 172 Å². The van der Waals surface area contributed by atoms with Crippen molar-refractivity contribution in [3.05, 3.63) is 159 Å². The van der Waals surface area contributed by atoms with E-state index < -0.39 is 0 Å². The van der Waals surface area contributed by atoms with Crippen LogP contribution in [0.1, 0.15) is 205 Å². The fraction of sp³-hybridized carbons (Fsp3) is 0.417. The van der Waals surface area contributed by atoms with Gasteiger partial charge in [-0.2, -0.15) is 0 Å². The SMILES string of the molecule is CC1(C)CCC(C)(C)c2cc(Nc3cc4c(cc3-c3c5c(cc6c3-c3ccccc3C6(C)C)N3c6cc7c(cc6-c6cccc8c6-c6c(ccc(c63)B5)C8(C)C)C(C)(C)CCC7(C)C)C(C)(C)CCC4(C)C)ccc21. The number of benzene rings is 7. The Morgan fingerprint density at radius 3 is 1.51 bits per heavy atom. The van der Waals surface area contributed by atoms with Gasteiger partial charge in [-0.05, 0) is 202 Å². The molecule has 0 radical (unpaired) electrons. The third-order valence-electron chi connectivity index (χ3n) is 21.6. The van der Waals surface area contributed by atoms with Gasteiger partial charge in [0.15, 0.2) is 7.28 Å². The molecule has 3 heteroatoms. The van der Waals surface area contributed by atoms with Crippen molar-refractivity contribution < 1.29 is 0 Å². The summed E-state index contributed by atoms with van der Waals surface area (Å²) in [7, 11) is 0.851. The standard InChI is InChI=1S/C72H79BN2/c1-65(2)28-29-66(3,4)49-34-40(24-25-46(49)65)74-56-37-52-51(68(7,8)30-32-69(52,9)10)36-44(56)61-60-42-20-17-18-22-45(42)71(13,14)54(60)39-58-63(61)73-55-27-26-48-62-59-41(21-19-23-47(59)72(48,15)16)43-35-50-53(38-57(43)75(58)64(55)62)70(11,12)33-31-67(50,5)6/h17-27,34-39,73-74H,28-33H2,1-16H3. The molecule has 0 unspecified atom stereocenters. The molecule has 0 amide bonds. The highest BCUT2D eigenvalue weighted by molar-refractivity contribution is 6.74. The normalized spacial score (nSPS) is 21.4. The average molecular weight is 983 g/mol. The van der Waals surface area contributed by atoms with Gasteiger partial charge >= 0.3 is 0 Å². The molecule has 7 aromatic carbocycles. The monoisotopic (exact) mass is 983 g/mol.